The third-order valence-corrected chi connectivity index (χ3v) is 4.17. The van der Waals surface area contributed by atoms with Crippen LogP contribution in [0.3, 0.4) is 0 Å². The number of benzene rings is 1. The van der Waals surface area contributed by atoms with E-state index in [1.54, 1.807) is 4.57 Å². The highest BCUT2D eigenvalue weighted by Gasteiger charge is 2.09. The Balaban J connectivity index is 2.17. The van der Waals surface area contributed by atoms with Gasteiger partial charge in [-0.25, -0.2) is 9.89 Å². The molecule has 0 saturated heterocycles. The van der Waals surface area contributed by atoms with Crippen molar-refractivity contribution in [2.45, 2.75) is 37.0 Å². The Kier molecular flexibility index (Phi) is 5.28. The van der Waals surface area contributed by atoms with Crippen LogP contribution in [-0.2, 0) is 13.1 Å². The number of halogens is 1. The van der Waals surface area contributed by atoms with Gasteiger partial charge in [0.05, 0.1) is 0 Å². The van der Waals surface area contributed by atoms with Gasteiger partial charge >= 0.3 is 5.69 Å². The summed E-state index contributed by atoms with van der Waals surface area (Å²) in [6.45, 7) is 6.21. The smallest absolute Gasteiger partial charge is 0.313 e. The predicted octanol–water partition coefficient (Wildman–Crippen LogP) is 2.51. The van der Waals surface area contributed by atoms with E-state index in [4.69, 9.17) is 11.6 Å². The van der Waals surface area contributed by atoms with Gasteiger partial charge in [-0.3, -0.25) is 4.57 Å². The van der Waals surface area contributed by atoms with Crippen molar-refractivity contribution < 1.29 is 0 Å². The molecule has 1 aromatic heterocycles. The fourth-order valence-corrected chi connectivity index (χ4v) is 3.01. The molecule has 2 N–H and O–H groups in total. The van der Waals surface area contributed by atoms with E-state index in [1.165, 1.54) is 11.8 Å². The first kappa shape index (κ1) is 15.2. The molecular weight excluding hydrogens is 296 g/mol. The molecule has 0 atom stereocenters. The van der Waals surface area contributed by atoms with Crippen LogP contribution in [0.25, 0.3) is 0 Å². The van der Waals surface area contributed by atoms with Crippen LogP contribution in [0.4, 0.5) is 0 Å². The van der Waals surface area contributed by atoms with Gasteiger partial charge in [-0.2, -0.15) is 0 Å². The third kappa shape index (κ3) is 3.45. The molecule has 2 aromatic rings. The molecule has 7 heteroatoms. The van der Waals surface area contributed by atoms with Crippen molar-refractivity contribution in [3.05, 3.63) is 39.3 Å². The van der Waals surface area contributed by atoms with E-state index in [0.717, 1.165) is 28.6 Å². The van der Waals surface area contributed by atoms with Crippen molar-refractivity contribution in [3.8, 4) is 0 Å². The summed E-state index contributed by atoms with van der Waals surface area (Å²) in [4.78, 5) is 12.5. The molecule has 0 aliphatic heterocycles. The summed E-state index contributed by atoms with van der Waals surface area (Å²) >= 11 is 7.68. The third-order valence-electron chi connectivity index (χ3n) is 2.84. The lowest BCUT2D eigenvalue weighted by atomic mass is 10.2. The number of hydrogen-bond donors (Lipinski definition) is 2. The van der Waals surface area contributed by atoms with E-state index in [9.17, 15) is 4.79 Å². The van der Waals surface area contributed by atoms with E-state index in [2.05, 4.69) is 22.4 Å². The van der Waals surface area contributed by atoms with Crippen molar-refractivity contribution in [3.63, 3.8) is 0 Å². The van der Waals surface area contributed by atoms with E-state index in [0.29, 0.717) is 11.7 Å². The Hall–Kier alpha value is -1.24. The number of aromatic nitrogens is 3. The van der Waals surface area contributed by atoms with Gasteiger partial charge in [0.2, 0.25) is 0 Å². The molecule has 0 fully saturated rings. The molecule has 0 spiro atoms. The molecule has 0 aliphatic rings. The summed E-state index contributed by atoms with van der Waals surface area (Å²) in [5, 5.41) is 11.1. The van der Waals surface area contributed by atoms with Gasteiger partial charge < -0.3 is 5.32 Å². The van der Waals surface area contributed by atoms with Crippen LogP contribution in [-0.4, -0.2) is 21.3 Å². The first-order chi connectivity index (χ1) is 9.65. The van der Waals surface area contributed by atoms with Crippen LogP contribution < -0.4 is 11.0 Å². The van der Waals surface area contributed by atoms with Gasteiger partial charge in [0.15, 0.2) is 5.16 Å². The number of nitrogens with one attached hydrogen (secondary N) is 2. The van der Waals surface area contributed by atoms with E-state index >= 15 is 0 Å². The minimum absolute atomic E-state index is 0.190. The highest BCUT2D eigenvalue weighted by atomic mass is 35.5. The van der Waals surface area contributed by atoms with Gasteiger partial charge in [0.1, 0.15) is 0 Å². The second-order valence-corrected chi connectivity index (χ2v) is 5.64. The molecule has 1 heterocycles. The second kappa shape index (κ2) is 6.97. The first-order valence-electron chi connectivity index (χ1n) is 6.47. The maximum absolute atomic E-state index is 11.5. The zero-order valence-electron chi connectivity index (χ0n) is 11.4. The molecule has 1 aromatic carbocycles. The van der Waals surface area contributed by atoms with E-state index in [-0.39, 0.29) is 5.69 Å². The number of nitrogens with zero attached hydrogens (tertiary/aromatic N) is 2. The Morgan fingerprint density at radius 3 is 2.90 bits per heavy atom. The number of rotatable bonds is 6. The normalized spacial score (nSPS) is 10.9. The highest BCUT2D eigenvalue weighted by Crippen LogP contribution is 2.29. The minimum Gasteiger partial charge on any atom is -0.313 e. The monoisotopic (exact) mass is 312 g/mol. The lowest BCUT2D eigenvalue weighted by Gasteiger charge is -2.07. The Labute approximate surface area is 126 Å². The SMILES string of the molecule is CCNCc1ccc(Sc2n[nH]c(=O)n2CC)cc1Cl. The fourth-order valence-electron chi connectivity index (χ4n) is 1.76. The summed E-state index contributed by atoms with van der Waals surface area (Å²) in [5.41, 5.74) is 0.873. The van der Waals surface area contributed by atoms with Gasteiger partial charge in [0.25, 0.3) is 0 Å². The second-order valence-electron chi connectivity index (χ2n) is 4.19. The lowest BCUT2D eigenvalue weighted by Crippen LogP contribution is -2.16. The molecule has 0 unspecified atom stereocenters. The lowest BCUT2D eigenvalue weighted by molar-refractivity contribution is 0.660. The summed E-state index contributed by atoms with van der Waals surface area (Å²) in [5.74, 6) is 0. The quantitative estimate of drug-likeness (QED) is 0.860. The van der Waals surface area contributed by atoms with Crippen LogP contribution in [0.2, 0.25) is 5.02 Å². The molecular formula is C13H17ClN4OS. The molecule has 5 nitrogen and oxygen atoms in total. The Bertz CT molecular complexity index is 638. The summed E-state index contributed by atoms with van der Waals surface area (Å²) < 4.78 is 1.59. The fraction of sp³-hybridized carbons (Fsp3) is 0.385. The van der Waals surface area contributed by atoms with Gasteiger partial charge in [0, 0.05) is 23.0 Å². The van der Waals surface area contributed by atoms with Crippen molar-refractivity contribution in [2.24, 2.45) is 0 Å². The van der Waals surface area contributed by atoms with Crippen LogP contribution in [0.15, 0.2) is 33.0 Å². The maximum Gasteiger partial charge on any atom is 0.343 e. The van der Waals surface area contributed by atoms with Crippen molar-refractivity contribution in [2.75, 3.05) is 6.54 Å². The molecule has 20 heavy (non-hydrogen) atoms. The molecule has 0 bridgehead atoms. The van der Waals surface area contributed by atoms with Gasteiger partial charge in [-0.1, -0.05) is 24.6 Å². The molecule has 0 aliphatic carbocycles. The van der Waals surface area contributed by atoms with Crippen molar-refractivity contribution >= 4 is 23.4 Å². The highest BCUT2D eigenvalue weighted by molar-refractivity contribution is 7.99. The number of aromatic amines is 1. The van der Waals surface area contributed by atoms with Crippen molar-refractivity contribution in [1.82, 2.24) is 20.1 Å². The summed E-state index contributed by atoms with van der Waals surface area (Å²) in [7, 11) is 0. The summed E-state index contributed by atoms with van der Waals surface area (Å²) in [6.07, 6.45) is 0. The summed E-state index contributed by atoms with van der Waals surface area (Å²) in [6, 6.07) is 5.88. The molecule has 0 radical (unpaired) electrons. The van der Waals surface area contributed by atoms with Crippen LogP contribution in [0, 0.1) is 0 Å². The van der Waals surface area contributed by atoms with Crippen LogP contribution >= 0.6 is 23.4 Å². The Morgan fingerprint density at radius 2 is 2.25 bits per heavy atom. The van der Waals surface area contributed by atoms with Gasteiger partial charge in [-0.05, 0) is 42.9 Å². The van der Waals surface area contributed by atoms with Gasteiger partial charge in [-0.15, -0.1) is 5.10 Å². The Morgan fingerprint density at radius 1 is 1.45 bits per heavy atom. The standard InChI is InChI=1S/C13H17ClN4OS/c1-3-15-8-9-5-6-10(7-11(9)14)20-13-17-16-12(19)18(13)4-2/h5-7,15H,3-4,8H2,1-2H3,(H,16,19). The zero-order valence-corrected chi connectivity index (χ0v) is 13.0. The maximum atomic E-state index is 11.5. The minimum atomic E-state index is -0.190. The molecule has 2 rings (SSSR count). The predicted molar refractivity (Wildman–Crippen MR) is 81.5 cm³/mol. The van der Waals surface area contributed by atoms with Crippen LogP contribution in [0.5, 0.6) is 0 Å². The number of hydrogen-bond acceptors (Lipinski definition) is 4. The average Bonchev–Trinajstić information content (AvgIpc) is 2.78. The first-order valence-corrected chi connectivity index (χ1v) is 7.67. The number of H-pyrrole nitrogens is 1. The largest absolute Gasteiger partial charge is 0.343 e. The van der Waals surface area contributed by atoms with Crippen LogP contribution in [0.1, 0.15) is 19.4 Å². The topological polar surface area (TPSA) is 62.7 Å². The molecule has 108 valence electrons. The average molecular weight is 313 g/mol. The van der Waals surface area contributed by atoms with Crippen molar-refractivity contribution in [1.29, 1.82) is 0 Å². The molecule has 0 saturated carbocycles. The van der Waals surface area contributed by atoms with E-state index in [1.807, 2.05) is 25.1 Å². The zero-order chi connectivity index (χ0) is 14.5. The molecule has 0 amide bonds. The van der Waals surface area contributed by atoms with E-state index < -0.39 is 0 Å².